The first-order valence-electron chi connectivity index (χ1n) is 5.57. The minimum atomic E-state index is 0.386. The summed E-state index contributed by atoms with van der Waals surface area (Å²) in [7, 11) is 0. The maximum absolute atomic E-state index is 5.77. The third kappa shape index (κ3) is 2.47. The van der Waals surface area contributed by atoms with E-state index in [4.69, 9.17) is 18.0 Å². The Morgan fingerprint density at radius 1 is 1.25 bits per heavy atom. The number of anilines is 1. The molecule has 88 valence electrons. The summed E-state index contributed by atoms with van der Waals surface area (Å²) in [6, 6.07) is 0. The molecule has 0 aliphatic heterocycles. The Hall–Kier alpha value is -1.23. The molecule has 0 fully saturated rings. The van der Waals surface area contributed by atoms with E-state index < -0.39 is 0 Å². The topological polar surface area (TPSA) is 63.8 Å². The van der Waals surface area contributed by atoms with E-state index in [0.717, 1.165) is 36.2 Å². The van der Waals surface area contributed by atoms with Crippen molar-refractivity contribution in [2.45, 2.75) is 33.6 Å². The van der Waals surface area contributed by atoms with Crippen LogP contribution in [0.5, 0.6) is 0 Å². The van der Waals surface area contributed by atoms with Crippen LogP contribution in [0.15, 0.2) is 0 Å². The molecule has 0 saturated carbocycles. The lowest BCUT2D eigenvalue weighted by atomic mass is 10.0. The summed E-state index contributed by atoms with van der Waals surface area (Å²) in [5, 5.41) is 11.5. The predicted molar refractivity (Wildman–Crippen MR) is 70.8 cm³/mol. The summed E-state index contributed by atoms with van der Waals surface area (Å²) >= 11 is 5.10. The van der Waals surface area contributed by atoms with E-state index in [2.05, 4.69) is 29.4 Å². The van der Waals surface area contributed by atoms with E-state index in [-0.39, 0.29) is 0 Å². The lowest BCUT2D eigenvalue weighted by molar-refractivity contribution is 0.873. The number of aryl methyl sites for hydroxylation is 1. The fourth-order valence-corrected chi connectivity index (χ4v) is 1.95. The quantitative estimate of drug-likeness (QED) is 0.764. The second-order valence-corrected chi connectivity index (χ2v) is 3.89. The number of thiocarbonyl (C=S) groups is 1. The van der Waals surface area contributed by atoms with Gasteiger partial charge in [0, 0.05) is 6.54 Å². The van der Waals surface area contributed by atoms with E-state index in [0.29, 0.717) is 10.8 Å². The van der Waals surface area contributed by atoms with Crippen molar-refractivity contribution in [3.63, 3.8) is 0 Å². The maximum atomic E-state index is 5.77. The van der Waals surface area contributed by atoms with E-state index in [1.807, 2.05) is 6.92 Å². The van der Waals surface area contributed by atoms with Gasteiger partial charge in [-0.3, -0.25) is 0 Å². The van der Waals surface area contributed by atoms with Crippen molar-refractivity contribution in [1.82, 2.24) is 10.2 Å². The largest absolute Gasteiger partial charge is 0.389 e. The number of nitrogens with one attached hydrogen (secondary N) is 1. The second kappa shape index (κ2) is 5.75. The Morgan fingerprint density at radius 2 is 1.94 bits per heavy atom. The summed E-state index contributed by atoms with van der Waals surface area (Å²) in [4.78, 5) is 0.386. The molecular formula is C11H18N4S. The van der Waals surface area contributed by atoms with Crippen LogP contribution in [0.25, 0.3) is 0 Å². The molecule has 0 aromatic carbocycles. The minimum Gasteiger partial charge on any atom is -0.389 e. The average molecular weight is 238 g/mol. The molecule has 16 heavy (non-hydrogen) atoms. The Kier molecular flexibility index (Phi) is 4.61. The molecule has 0 aliphatic carbocycles. The van der Waals surface area contributed by atoms with Gasteiger partial charge in [0.05, 0.1) is 11.3 Å². The molecule has 4 nitrogen and oxygen atoms in total. The van der Waals surface area contributed by atoms with Crippen LogP contribution in [-0.2, 0) is 12.8 Å². The number of aromatic nitrogens is 2. The van der Waals surface area contributed by atoms with Crippen LogP contribution in [-0.4, -0.2) is 21.7 Å². The minimum absolute atomic E-state index is 0.386. The molecule has 0 radical (unpaired) electrons. The normalized spacial score (nSPS) is 10.2. The number of nitrogens with zero attached hydrogens (tertiary/aromatic N) is 2. The van der Waals surface area contributed by atoms with E-state index in [1.165, 1.54) is 0 Å². The van der Waals surface area contributed by atoms with Crippen LogP contribution in [0.3, 0.4) is 0 Å². The summed E-state index contributed by atoms with van der Waals surface area (Å²) in [6.45, 7) is 6.91. The van der Waals surface area contributed by atoms with Crippen molar-refractivity contribution < 1.29 is 0 Å². The third-order valence-corrected chi connectivity index (χ3v) is 2.64. The smallest absolute Gasteiger partial charge is 0.159 e. The van der Waals surface area contributed by atoms with Gasteiger partial charge in [-0.1, -0.05) is 26.1 Å². The van der Waals surface area contributed by atoms with E-state index >= 15 is 0 Å². The molecule has 1 aromatic heterocycles. The molecule has 0 bridgehead atoms. The highest BCUT2D eigenvalue weighted by atomic mass is 32.1. The van der Waals surface area contributed by atoms with Gasteiger partial charge in [0.1, 0.15) is 4.99 Å². The molecule has 1 aromatic rings. The molecule has 1 rings (SSSR count). The third-order valence-electron chi connectivity index (χ3n) is 2.44. The highest BCUT2D eigenvalue weighted by molar-refractivity contribution is 7.80. The molecule has 0 aliphatic rings. The molecule has 3 N–H and O–H groups in total. The molecule has 0 amide bonds. The lowest BCUT2D eigenvalue weighted by Crippen LogP contribution is -2.19. The van der Waals surface area contributed by atoms with Gasteiger partial charge < -0.3 is 11.1 Å². The van der Waals surface area contributed by atoms with Gasteiger partial charge in [0.2, 0.25) is 0 Å². The first kappa shape index (κ1) is 12.8. The molecule has 0 atom stereocenters. The number of rotatable bonds is 5. The maximum Gasteiger partial charge on any atom is 0.159 e. The van der Waals surface area contributed by atoms with Crippen LogP contribution in [0.4, 0.5) is 5.82 Å². The molecular weight excluding hydrogens is 220 g/mol. The fraction of sp³-hybridized carbons (Fsp3) is 0.545. The van der Waals surface area contributed by atoms with Crippen molar-refractivity contribution in [2.75, 3.05) is 11.9 Å². The lowest BCUT2D eigenvalue weighted by Gasteiger charge is -2.14. The van der Waals surface area contributed by atoms with Crippen LogP contribution in [0.1, 0.15) is 37.6 Å². The number of hydrogen-bond donors (Lipinski definition) is 2. The van der Waals surface area contributed by atoms with Crippen molar-refractivity contribution in [2.24, 2.45) is 5.73 Å². The van der Waals surface area contributed by atoms with Crippen LogP contribution in [0, 0.1) is 0 Å². The highest BCUT2D eigenvalue weighted by Crippen LogP contribution is 2.20. The molecule has 5 heteroatoms. The first-order chi connectivity index (χ1) is 7.65. The Balaban J connectivity index is 3.37. The van der Waals surface area contributed by atoms with Gasteiger partial charge in [0.25, 0.3) is 0 Å². The second-order valence-electron chi connectivity index (χ2n) is 3.45. The van der Waals surface area contributed by atoms with Gasteiger partial charge in [-0.2, -0.15) is 5.10 Å². The van der Waals surface area contributed by atoms with E-state index in [1.54, 1.807) is 0 Å². The monoisotopic (exact) mass is 238 g/mol. The van der Waals surface area contributed by atoms with E-state index in [9.17, 15) is 0 Å². The van der Waals surface area contributed by atoms with Crippen LogP contribution in [0.2, 0.25) is 0 Å². The van der Waals surface area contributed by atoms with Crippen molar-refractivity contribution >= 4 is 23.0 Å². The zero-order chi connectivity index (χ0) is 12.1. The summed E-state index contributed by atoms with van der Waals surface area (Å²) in [6.07, 6.45) is 1.71. The fourth-order valence-electron chi connectivity index (χ4n) is 1.73. The molecule has 0 unspecified atom stereocenters. The first-order valence-corrected chi connectivity index (χ1v) is 5.98. The van der Waals surface area contributed by atoms with Gasteiger partial charge >= 0.3 is 0 Å². The molecule has 0 spiro atoms. The zero-order valence-electron chi connectivity index (χ0n) is 10.0. The van der Waals surface area contributed by atoms with Gasteiger partial charge in [0.15, 0.2) is 5.82 Å². The van der Waals surface area contributed by atoms with Gasteiger partial charge in [-0.25, -0.2) is 0 Å². The Labute approximate surface area is 102 Å². The van der Waals surface area contributed by atoms with Gasteiger partial charge in [-0.15, -0.1) is 5.10 Å². The molecule has 1 heterocycles. The van der Waals surface area contributed by atoms with Crippen LogP contribution >= 0.6 is 12.2 Å². The number of nitrogens with two attached hydrogens (primary N) is 1. The highest BCUT2D eigenvalue weighted by Gasteiger charge is 2.15. The summed E-state index contributed by atoms with van der Waals surface area (Å²) < 4.78 is 0. The predicted octanol–water partition coefficient (Wildman–Crippen LogP) is 1.67. The standard InChI is InChI=1S/C11H18N4S/c1-4-7-8(5-2)14-15-11(13-6-3)9(7)10(12)16/h4-6H2,1-3H3,(H2,12,16)(H,13,15). The summed E-state index contributed by atoms with van der Waals surface area (Å²) in [5.41, 5.74) is 8.71. The Bertz CT molecular complexity index is 390. The van der Waals surface area contributed by atoms with Crippen molar-refractivity contribution in [3.05, 3.63) is 16.8 Å². The van der Waals surface area contributed by atoms with Crippen LogP contribution < -0.4 is 11.1 Å². The molecule has 0 saturated heterocycles. The van der Waals surface area contributed by atoms with Crippen molar-refractivity contribution in [1.29, 1.82) is 0 Å². The van der Waals surface area contributed by atoms with Gasteiger partial charge in [-0.05, 0) is 25.3 Å². The average Bonchev–Trinajstić information content (AvgIpc) is 2.28. The Morgan fingerprint density at radius 3 is 2.38 bits per heavy atom. The SMILES string of the molecule is CCNc1nnc(CC)c(CC)c1C(N)=S. The number of hydrogen-bond acceptors (Lipinski definition) is 4. The zero-order valence-corrected chi connectivity index (χ0v) is 10.8. The van der Waals surface area contributed by atoms with Crippen molar-refractivity contribution in [3.8, 4) is 0 Å². The summed E-state index contributed by atoms with van der Waals surface area (Å²) in [5.74, 6) is 0.698.